The van der Waals surface area contributed by atoms with E-state index in [1.807, 2.05) is 0 Å². The Kier molecular flexibility index (Phi) is 4.20. The van der Waals surface area contributed by atoms with Crippen molar-refractivity contribution in [1.29, 1.82) is 0 Å². The summed E-state index contributed by atoms with van der Waals surface area (Å²) in [4.78, 5) is 2.61. The zero-order chi connectivity index (χ0) is 9.84. The van der Waals surface area contributed by atoms with Gasteiger partial charge in [-0.3, -0.25) is 0 Å². The minimum absolute atomic E-state index is 0.735. The van der Waals surface area contributed by atoms with E-state index in [0.717, 1.165) is 24.4 Å². The topological polar surface area (TPSA) is 29.3 Å². The van der Waals surface area contributed by atoms with Gasteiger partial charge in [0.05, 0.1) is 0 Å². The first kappa shape index (κ1) is 11.0. The van der Waals surface area contributed by atoms with Gasteiger partial charge in [-0.25, -0.2) is 0 Å². The van der Waals surface area contributed by atoms with Gasteiger partial charge in [-0.15, -0.1) is 0 Å². The quantitative estimate of drug-likeness (QED) is 0.723. The summed E-state index contributed by atoms with van der Waals surface area (Å²) in [6.07, 6.45) is 2.60. The van der Waals surface area contributed by atoms with Crippen LogP contribution in [0.1, 0.15) is 33.6 Å². The van der Waals surface area contributed by atoms with Crippen LogP contribution in [0.2, 0.25) is 0 Å². The second-order valence-corrected chi connectivity index (χ2v) is 4.70. The van der Waals surface area contributed by atoms with Crippen LogP contribution in [0, 0.1) is 11.8 Å². The molecule has 2 nitrogen and oxygen atoms in total. The molecule has 0 aromatic carbocycles. The summed E-state index contributed by atoms with van der Waals surface area (Å²) < 4.78 is 0. The van der Waals surface area contributed by atoms with E-state index in [9.17, 15) is 0 Å². The number of nitrogens with two attached hydrogens (primary N) is 1. The molecule has 0 amide bonds. The van der Waals surface area contributed by atoms with Crippen molar-refractivity contribution >= 4 is 0 Å². The summed E-state index contributed by atoms with van der Waals surface area (Å²) in [6, 6.07) is 0.735. The standard InChI is InChI=1S/C11H24N2/c1-9(2)10(3)13-6-4-11(8-12)5-7-13/h9-11H,4-8,12H2,1-3H3. The van der Waals surface area contributed by atoms with Crippen LogP contribution in [0.4, 0.5) is 0 Å². The fourth-order valence-electron chi connectivity index (χ4n) is 2.02. The van der Waals surface area contributed by atoms with Crippen LogP contribution < -0.4 is 5.73 Å². The summed E-state index contributed by atoms with van der Waals surface area (Å²) in [6.45, 7) is 10.3. The predicted octanol–water partition coefficient (Wildman–Crippen LogP) is 1.70. The molecule has 1 aliphatic rings. The Morgan fingerprint density at radius 1 is 1.23 bits per heavy atom. The maximum Gasteiger partial charge on any atom is 0.00899 e. The van der Waals surface area contributed by atoms with Crippen LogP contribution in [-0.2, 0) is 0 Å². The third-order valence-corrected chi connectivity index (χ3v) is 3.52. The highest BCUT2D eigenvalue weighted by atomic mass is 15.2. The molecule has 0 radical (unpaired) electrons. The molecule has 1 fully saturated rings. The molecule has 2 heteroatoms. The fourth-order valence-corrected chi connectivity index (χ4v) is 2.02. The number of nitrogens with zero attached hydrogens (tertiary/aromatic N) is 1. The molecule has 0 saturated carbocycles. The second-order valence-electron chi connectivity index (χ2n) is 4.70. The molecular weight excluding hydrogens is 160 g/mol. The summed E-state index contributed by atoms with van der Waals surface area (Å²) in [5.74, 6) is 1.56. The number of piperidine rings is 1. The van der Waals surface area contributed by atoms with Crippen molar-refractivity contribution < 1.29 is 0 Å². The summed E-state index contributed by atoms with van der Waals surface area (Å²) in [5.41, 5.74) is 5.67. The number of hydrogen-bond acceptors (Lipinski definition) is 2. The fraction of sp³-hybridized carbons (Fsp3) is 1.00. The van der Waals surface area contributed by atoms with Crippen LogP contribution >= 0.6 is 0 Å². The molecular formula is C11H24N2. The first-order valence-electron chi connectivity index (χ1n) is 5.59. The lowest BCUT2D eigenvalue weighted by Crippen LogP contribution is -2.43. The van der Waals surface area contributed by atoms with Crippen molar-refractivity contribution in [2.75, 3.05) is 19.6 Å². The third-order valence-electron chi connectivity index (χ3n) is 3.52. The van der Waals surface area contributed by atoms with E-state index in [-0.39, 0.29) is 0 Å². The maximum absolute atomic E-state index is 5.67. The Morgan fingerprint density at radius 3 is 2.15 bits per heavy atom. The molecule has 78 valence electrons. The van der Waals surface area contributed by atoms with Crippen molar-refractivity contribution in [2.24, 2.45) is 17.6 Å². The Balaban J connectivity index is 2.32. The minimum atomic E-state index is 0.735. The van der Waals surface area contributed by atoms with E-state index in [1.54, 1.807) is 0 Å². The van der Waals surface area contributed by atoms with Crippen LogP contribution in [-0.4, -0.2) is 30.6 Å². The monoisotopic (exact) mass is 184 g/mol. The van der Waals surface area contributed by atoms with E-state index in [2.05, 4.69) is 25.7 Å². The summed E-state index contributed by atoms with van der Waals surface area (Å²) in [5, 5.41) is 0. The van der Waals surface area contributed by atoms with Crippen molar-refractivity contribution in [3.05, 3.63) is 0 Å². The van der Waals surface area contributed by atoms with E-state index in [4.69, 9.17) is 5.73 Å². The molecule has 1 aliphatic heterocycles. The minimum Gasteiger partial charge on any atom is -0.330 e. The van der Waals surface area contributed by atoms with Crippen molar-refractivity contribution in [3.63, 3.8) is 0 Å². The molecule has 0 aliphatic carbocycles. The molecule has 0 aromatic heterocycles. The molecule has 2 N–H and O–H groups in total. The lowest BCUT2D eigenvalue weighted by atomic mass is 9.94. The molecule has 13 heavy (non-hydrogen) atoms. The van der Waals surface area contributed by atoms with Crippen LogP contribution in [0.5, 0.6) is 0 Å². The van der Waals surface area contributed by atoms with Gasteiger partial charge >= 0.3 is 0 Å². The number of hydrogen-bond donors (Lipinski definition) is 1. The lowest BCUT2D eigenvalue weighted by molar-refractivity contribution is 0.116. The van der Waals surface area contributed by atoms with Crippen molar-refractivity contribution in [2.45, 2.75) is 39.7 Å². The van der Waals surface area contributed by atoms with Gasteiger partial charge in [0.2, 0.25) is 0 Å². The van der Waals surface area contributed by atoms with E-state index in [1.165, 1.54) is 25.9 Å². The van der Waals surface area contributed by atoms with E-state index in [0.29, 0.717) is 0 Å². The Morgan fingerprint density at radius 2 is 1.77 bits per heavy atom. The van der Waals surface area contributed by atoms with Crippen LogP contribution in [0.25, 0.3) is 0 Å². The Labute approximate surface area is 82.5 Å². The molecule has 1 unspecified atom stereocenters. The SMILES string of the molecule is CC(C)C(C)N1CCC(CN)CC1. The van der Waals surface area contributed by atoms with Gasteiger partial charge < -0.3 is 10.6 Å². The van der Waals surface area contributed by atoms with Gasteiger partial charge in [0.25, 0.3) is 0 Å². The average Bonchev–Trinajstić information content (AvgIpc) is 2.17. The molecule has 1 atom stereocenters. The highest BCUT2D eigenvalue weighted by Gasteiger charge is 2.22. The average molecular weight is 184 g/mol. The molecule has 0 spiro atoms. The lowest BCUT2D eigenvalue weighted by Gasteiger charge is -2.37. The first-order chi connectivity index (χ1) is 6.15. The van der Waals surface area contributed by atoms with E-state index >= 15 is 0 Å². The van der Waals surface area contributed by atoms with Gasteiger partial charge in [0.15, 0.2) is 0 Å². The largest absolute Gasteiger partial charge is 0.330 e. The summed E-state index contributed by atoms with van der Waals surface area (Å²) in [7, 11) is 0. The zero-order valence-corrected chi connectivity index (χ0v) is 9.29. The molecule has 0 bridgehead atoms. The zero-order valence-electron chi connectivity index (χ0n) is 9.29. The van der Waals surface area contributed by atoms with Crippen molar-refractivity contribution in [1.82, 2.24) is 4.90 Å². The Bertz CT molecular complexity index is 137. The molecule has 1 heterocycles. The van der Waals surface area contributed by atoms with Crippen molar-refractivity contribution in [3.8, 4) is 0 Å². The predicted molar refractivity (Wildman–Crippen MR) is 57.7 cm³/mol. The maximum atomic E-state index is 5.67. The number of likely N-dealkylation sites (tertiary alicyclic amines) is 1. The van der Waals surface area contributed by atoms with E-state index < -0.39 is 0 Å². The highest BCUT2D eigenvalue weighted by molar-refractivity contribution is 4.77. The number of rotatable bonds is 3. The first-order valence-corrected chi connectivity index (χ1v) is 5.59. The highest BCUT2D eigenvalue weighted by Crippen LogP contribution is 2.20. The molecule has 0 aromatic rings. The van der Waals surface area contributed by atoms with Gasteiger partial charge in [-0.1, -0.05) is 13.8 Å². The molecule has 1 saturated heterocycles. The van der Waals surface area contributed by atoms with Gasteiger partial charge in [-0.05, 0) is 51.2 Å². The third kappa shape index (κ3) is 2.96. The van der Waals surface area contributed by atoms with Gasteiger partial charge in [0.1, 0.15) is 0 Å². The second kappa shape index (κ2) is 4.97. The van der Waals surface area contributed by atoms with Gasteiger partial charge in [0, 0.05) is 6.04 Å². The summed E-state index contributed by atoms with van der Waals surface area (Å²) >= 11 is 0. The normalized spacial score (nSPS) is 23.8. The van der Waals surface area contributed by atoms with Crippen LogP contribution in [0.15, 0.2) is 0 Å². The molecule has 1 rings (SSSR count). The van der Waals surface area contributed by atoms with Gasteiger partial charge in [-0.2, -0.15) is 0 Å². The smallest absolute Gasteiger partial charge is 0.00899 e. The Hall–Kier alpha value is -0.0800. The van der Waals surface area contributed by atoms with Crippen LogP contribution in [0.3, 0.4) is 0 Å².